The molecule has 0 unspecified atom stereocenters. The number of hydrogen-bond donors (Lipinski definition) is 1. The molecule has 0 saturated heterocycles. The first kappa shape index (κ1) is 19.0. The van der Waals surface area contributed by atoms with E-state index in [1.165, 1.54) is 41.5 Å². The maximum Gasteiger partial charge on any atom is 0.277 e. The van der Waals surface area contributed by atoms with Crippen molar-refractivity contribution < 1.29 is 9.21 Å². The van der Waals surface area contributed by atoms with Crippen LogP contribution in [-0.2, 0) is 17.6 Å². The SMILES string of the molecule is CC1CCC(NC(=O)CSc2nnc(-c3cc4c(s3)CC[C@@H](C)C4)o2)CC1. The predicted octanol–water partition coefficient (Wildman–Crippen LogP) is 4.71. The van der Waals surface area contributed by atoms with Gasteiger partial charge in [0.2, 0.25) is 5.91 Å². The molecule has 2 aromatic heterocycles. The van der Waals surface area contributed by atoms with E-state index in [0.717, 1.165) is 42.4 Å². The fraction of sp³-hybridized carbons (Fsp3) is 0.650. The van der Waals surface area contributed by atoms with Gasteiger partial charge in [-0.05, 0) is 68.4 Å². The van der Waals surface area contributed by atoms with Gasteiger partial charge in [0.15, 0.2) is 0 Å². The second-order valence-corrected chi connectivity index (χ2v) is 10.2. The molecule has 0 bridgehead atoms. The first-order valence-electron chi connectivity index (χ1n) is 9.94. The molecule has 2 aliphatic rings. The normalized spacial score (nSPS) is 25.2. The number of amides is 1. The number of nitrogens with zero attached hydrogens (tertiary/aromatic N) is 2. The van der Waals surface area contributed by atoms with Crippen LogP contribution in [0.2, 0.25) is 0 Å². The van der Waals surface area contributed by atoms with Crippen molar-refractivity contribution in [2.45, 2.75) is 70.1 Å². The molecule has 1 amide bonds. The molecule has 1 N–H and O–H groups in total. The van der Waals surface area contributed by atoms with Crippen LogP contribution in [0.3, 0.4) is 0 Å². The summed E-state index contributed by atoms with van der Waals surface area (Å²) in [5, 5.41) is 11.9. The first-order valence-corrected chi connectivity index (χ1v) is 11.7. The minimum atomic E-state index is 0.0554. The molecule has 27 heavy (non-hydrogen) atoms. The van der Waals surface area contributed by atoms with Crippen molar-refractivity contribution in [3.8, 4) is 10.8 Å². The Morgan fingerprint density at radius 2 is 2.04 bits per heavy atom. The Morgan fingerprint density at radius 1 is 1.22 bits per heavy atom. The Morgan fingerprint density at radius 3 is 2.85 bits per heavy atom. The van der Waals surface area contributed by atoms with E-state index >= 15 is 0 Å². The maximum atomic E-state index is 12.2. The Labute approximate surface area is 168 Å². The van der Waals surface area contributed by atoms with Gasteiger partial charge in [-0.1, -0.05) is 25.6 Å². The number of hydrogen-bond acceptors (Lipinski definition) is 6. The number of aromatic nitrogens is 2. The fourth-order valence-electron chi connectivity index (χ4n) is 3.98. The van der Waals surface area contributed by atoms with Crippen LogP contribution in [0, 0.1) is 11.8 Å². The van der Waals surface area contributed by atoms with Crippen molar-refractivity contribution in [1.29, 1.82) is 0 Å². The summed E-state index contributed by atoms with van der Waals surface area (Å²) in [6, 6.07) is 2.53. The van der Waals surface area contributed by atoms with Crippen LogP contribution in [0.1, 0.15) is 56.4 Å². The van der Waals surface area contributed by atoms with Gasteiger partial charge in [0.1, 0.15) is 0 Å². The molecule has 2 aromatic rings. The van der Waals surface area contributed by atoms with Crippen LogP contribution in [0.5, 0.6) is 0 Å². The zero-order valence-electron chi connectivity index (χ0n) is 16.0. The standard InChI is InChI=1S/C20H27N3O2S2/c1-12-3-6-15(7-4-12)21-18(24)11-26-20-23-22-19(25-20)17-10-14-9-13(2)5-8-16(14)27-17/h10,12-13,15H,3-9,11H2,1-2H3,(H,21,24)/t12?,13-,15?/m1/s1. The lowest BCUT2D eigenvalue weighted by atomic mass is 9.87. The zero-order chi connectivity index (χ0) is 18.8. The van der Waals surface area contributed by atoms with Gasteiger partial charge < -0.3 is 9.73 Å². The highest BCUT2D eigenvalue weighted by Gasteiger charge is 2.22. The number of carbonyl (C=O) groups is 1. The average molecular weight is 406 g/mol. The molecule has 4 rings (SSSR count). The molecule has 0 aromatic carbocycles. The molecule has 2 heterocycles. The summed E-state index contributed by atoms with van der Waals surface area (Å²) >= 11 is 3.09. The second kappa shape index (κ2) is 8.35. The summed E-state index contributed by atoms with van der Waals surface area (Å²) in [6.07, 6.45) is 8.13. The number of thiophene rings is 1. The van der Waals surface area contributed by atoms with E-state index in [1.54, 1.807) is 11.3 Å². The Kier molecular flexibility index (Phi) is 5.88. The van der Waals surface area contributed by atoms with Gasteiger partial charge in [0.25, 0.3) is 11.1 Å². The van der Waals surface area contributed by atoms with E-state index in [0.29, 0.717) is 22.9 Å². The summed E-state index contributed by atoms with van der Waals surface area (Å²) in [5.41, 5.74) is 1.43. The Bertz CT molecular complexity index is 793. The van der Waals surface area contributed by atoms with E-state index in [9.17, 15) is 4.79 Å². The third kappa shape index (κ3) is 4.74. The first-order chi connectivity index (χ1) is 13.1. The molecule has 0 aliphatic heterocycles. The summed E-state index contributed by atoms with van der Waals surface area (Å²) in [7, 11) is 0. The van der Waals surface area contributed by atoms with Crippen molar-refractivity contribution in [1.82, 2.24) is 15.5 Å². The number of nitrogens with one attached hydrogen (secondary N) is 1. The highest BCUT2D eigenvalue weighted by atomic mass is 32.2. The van der Waals surface area contributed by atoms with Crippen molar-refractivity contribution in [2.75, 3.05) is 5.75 Å². The van der Waals surface area contributed by atoms with Gasteiger partial charge in [0, 0.05) is 10.9 Å². The molecule has 1 saturated carbocycles. The van der Waals surface area contributed by atoms with E-state index in [2.05, 4.69) is 35.4 Å². The van der Waals surface area contributed by atoms with Crippen molar-refractivity contribution in [3.05, 3.63) is 16.5 Å². The van der Waals surface area contributed by atoms with E-state index in [4.69, 9.17) is 4.42 Å². The van der Waals surface area contributed by atoms with Gasteiger partial charge in [-0.25, -0.2) is 0 Å². The molecular formula is C20H27N3O2S2. The number of thioether (sulfide) groups is 1. The largest absolute Gasteiger partial charge is 0.410 e. The molecule has 146 valence electrons. The summed E-state index contributed by atoms with van der Waals surface area (Å²) in [6.45, 7) is 4.59. The van der Waals surface area contributed by atoms with Crippen LogP contribution >= 0.6 is 23.1 Å². The average Bonchev–Trinajstić information content (AvgIpc) is 3.28. The van der Waals surface area contributed by atoms with Crippen LogP contribution in [0.4, 0.5) is 0 Å². The lowest BCUT2D eigenvalue weighted by molar-refractivity contribution is -0.119. The van der Waals surface area contributed by atoms with Crippen LogP contribution in [0.25, 0.3) is 10.8 Å². The molecule has 2 aliphatic carbocycles. The highest BCUT2D eigenvalue weighted by Crippen LogP contribution is 2.37. The number of fused-ring (bicyclic) bond motifs is 1. The Hall–Kier alpha value is -1.34. The summed E-state index contributed by atoms with van der Waals surface area (Å²) < 4.78 is 5.80. The Balaban J connectivity index is 1.30. The van der Waals surface area contributed by atoms with E-state index in [-0.39, 0.29) is 5.91 Å². The van der Waals surface area contributed by atoms with E-state index < -0.39 is 0 Å². The van der Waals surface area contributed by atoms with Crippen LogP contribution < -0.4 is 5.32 Å². The predicted molar refractivity (Wildman–Crippen MR) is 109 cm³/mol. The zero-order valence-corrected chi connectivity index (χ0v) is 17.6. The molecule has 5 nitrogen and oxygen atoms in total. The topological polar surface area (TPSA) is 68.0 Å². The molecule has 1 fully saturated rings. The molecular weight excluding hydrogens is 378 g/mol. The fourth-order valence-corrected chi connectivity index (χ4v) is 5.68. The maximum absolute atomic E-state index is 12.2. The minimum Gasteiger partial charge on any atom is -0.410 e. The molecule has 0 radical (unpaired) electrons. The third-order valence-electron chi connectivity index (χ3n) is 5.65. The van der Waals surface area contributed by atoms with Gasteiger partial charge in [-0.3, -0.25) is 4.79 Å². The van der Waals surface area contributed by atoms with Crippen molar-refractivity contribution in [2.24, 2.45) is 11.8 Å². The molecule has 7 heteroatoms. The third-order valence-corrected chi connectivity index (χ3v) is 7.70. The van der Waals surface area contributed by atoms with E-state index in [1.807, 2.05) is 0 Å². The highest BCUT2D eigenvalue weighted by molar-refractivity contribution is 7.99. The minimum absolute atomic E-state index is 0.0554. The van der Waals surface area contributed by atoms with Crippen molar-refractivity contribution >= 4 is 29.0 Å². The van der Waals surface area contributed by atoms with Gasteiger partial charge >= 0.3 is 0 Å². The monoisotopic (exact) mass is 405 g/mol. The lowest BCUT2D eigenvalue weighted by Crippen LogP contribution is -2.38. The lowest BCUT2D eigenvalue weighted by Gasteiger charge is -2.26. The molecule has 0 spiro atoms. The summed E-state index contributed by atoms with van der Waals surface area (Å²) in [5.74, 6) is 2.49. The smallest absolute Gasteiger partial charge is 0.277 e. The number of aryl methyl sites for hydroxylation is 1. The van der Waals surface area contributed by atoms with Gasteiger partial charge in [0.05, 0.1) is 10.6 Å². The van der Waals surface area contributed by atoms with Crippen molar-refractivity contribution in [3.63, 3.8) is 0 Å². The number of rotatable bonds is 5. The van der Waals surface area contributed by atoms with Gasteiger partial charge in [-0.15, -0.1) is 21.5 Å². The quantitative estimate of drug-likeness (QED) is 0.730. The second-order valence-electron chi connectivity index (χ2n) is 8.09. The van der Waals surface area contributed by atoms with Crippen LogP contribution in [-0.4, -0.2) is 27.9 Å². The molecule has 1 atom stereocenters. The van der Waals surface area contributed by atoms with Crippen LogP contribution in [0.15, 0.2) is 15.7 Å². The number of carbonyl (C=O) groups excluding carboxylic acids is 1. The summed E-state index contributed by atoms with van der Waals surface area (Å²) in [4.78, 5) is 14.7. The van der Waals surface area contributed by atoms with Gasteiger partial charge in [-0.2, -0.15) is 0 Å².